The van der Waals surface area contributed by atoms with Crippen molar-refractivity contribution in [1.82, 2.24) is 4.31 Å². The van der Waals surface area contributed by atoms with Crippen LogP contribution >= 0.6 is 0 Å². The van der Waals surface area contributed by atoms with Gasteiger partial charge in [-0.15, -0.1) is 0 Å². The molecule has 32 heavy (non-hydrogen) atoms. The summed E-state index contributed by atoms with van der Waals surface area (Å²) in [6.07, 6.45) is -0.179. The maximum atomic E-state index is 13.4. The molecule has 10 nitrogen and oxygen atoms in total. The predicted octanol–water partition coefficient (Wildman–Crippen LogP) is 3.73. The lowest BCUT2D eigenvalue weighted by Crippen LogP contribution is -2.42. The molecular weight excluding hydrogens is 440 g/mol. The summed E-state index contributed by atoms with van der Waals surface area (Å²) in [6.45, 7) is 4.58. The third kappa shape index (κ3) is 5.91. The number of rotatable bonds is 6. The largest absolute Gasteiger partial charge is 0.464 e. The number of carbonyl (C=O) groups is 2. The number of hydrogen-bond donors (Lipinski definition) is 0. The summed E-state index contributed by atoms with van der Waals surface area (Å²) < 4.78 is 36.9. The fourth-order valence-electron chi connectivity index (χ4n) is 2.49. The zero-order valence-electron chi connectivity index (χ0n) is 17.8. The van der Waals surface area contributed by atoms with Gasteiger partial charge in [0, 0.05) is 12.1 Å². The van der Waals surface area contributed by atoms with Crippen LogP contribution < -0.4 is 0 Å². The van der Waals surface area contributed by atoms with Crippen LogP contribution in [-0.4, -0.2) is 42.4 Å². The lowest BCUT2D eigenvalue weighted by molar-refractivity contribution is -0.384. The summed E-state index contributed by atoms with van der Waals surface area (Å²) in [5.74, 6) is -1.11. The van der Waals surface area contributed by atoms with Crippen LogP contribution in [0.5, 0.6) is 0 Å². The minimum absolute atomic E-state index is 0.193. The van der Waals surface area contributed by atoms with Crippen LogP contribution in [0.2, 0.25) is 0 Å². The van der Waals surface area contributed by atoms with Crippen LogP contribution in [0.3, 0.4) is 0 Å². The molecule has 2 aromatic rings. The molecule has 0 saturated carbocycles. The molecule has 2 aromatic carbocycles. The van der Waals surface area contributed by atoms with E-state index in [4.69, 9.17) is 9.47 Å². The molecule has 1 amide bonds. The van der Waals surface area contributed by atoms with Gasteiger partial charge in [0.05, 0.1) is 16.9 Å². The molecule has 0 N–H and O–H groups in total. The van der Waals surface area contributed by atoms with E-state index >= 15 is 0 Å². The van der Waals surface area contributed by atoms with Crippen molar-refractivity contribution in [2.24, 2.45) is 0 Å². The van der Waals surface area contributed by atoms with Crippen LogP contribution in [0.1, 0.15) is 26.3 Å². The summed E-state index contributed by atoms with van der Waals surface area (Å²) >= 11 is 0. The van der Waals surface area contributed by atoms with Gasteiger partial charge in [-0.2, -0.15) is 4.31 Å². The van der Waals surface area contributed by atoms with Crippen molar-refractivity contribution in [3.05, 3.63) is 76.0 Å². The first-order chi connectivity index (χ1) is 14.9. The molecule has 2 rings (SSSR count). The number of carbonyl (C=O) groups excluding carboxylic acids is 2. The van der Waals surface area contributed by atoms with Gasteiger partial charge < -0.3 is 9.47 Å². The third-order valence-corrected chi connectivity index (χ3v) is 5.56. The second kappa shape index (κ2) is 9.60. The number of hydrogen-bond acceptors (Lipinski definition) is 8. The molecule has 11 heteroatoms. The van der Waals surface area contributed by atoms with E-state index in [-0.39, 0.29) is 9.99 Å². The Hall–Kier alpha value is -3.73. The van der Waals surface area contributed by atoms with Crippen LogP contribution in [-0.2, 0) is 24.3 Å². The normalized spacial score (nSPS) is 12.1. The van der Waals surface area contributed by atoms with Gasteiger partial charge in [0.1, 0.15) is 11.3 Å². The zero-order valence-corrected chi connectivity index (χ0v) is 18.7. The second-order valence-electron chi connectivity index (χ2n) is 7.43. The summed E-state index contributed by atoms with van der Waals surface area (Å²) in [7, 11) is -3.69. The maximum Gasteiger partial charge on any atom is 0.429 e. The quantitative estimate of drug-likeness (QED) is 0.274. The maximum absolute atomic E-state index is 13.4. The minimum atomic E-state index is -4.72. The standard InChI is InChI=1S/C21H22N2O8S/c1-21(2,3)31-20(25)22(18(19(24)30-4)14-15-8-6-5-7-9-15)32(28,29)17-12-10-16(11-13-17)23(26)27/h5-14H,1-4H3/b18-14+. The fraction of sp³-hybridized carbons (Fsp3) is 0.238. The number of benzene rings is 2. The van der Waals surface area contributed by atoms with Crippen LogP contribution in [0, 0.1) is 10.1 Å². The van der Waals surface area contributed by atoms with Gasteiger partial charge in [0.15, 0.2) is 0 Å². The highest BCUT2D eigenvalue weighted by atomic mass is 32.2. The van der Waals surface area contributed by atoms with Crippen molar-refractivity contribution in [3.8, 4) is 0 Å². The number of nitrogens with zero attached hydrogens (tertiary/aromatic N) is 2. The van der Waals surface area contributed by atoms with Gasteiger partial charge in [-0.25, -0.2) is 18.0 Å². The smallest absolute Gasteiger partial charge is 0.429 e. The Labute approximate surface area is 185 Å². The molecule has 0 bridgehead atoms. The van der Waals surface area contributed by atoms with Gasteiger partial charge in [-0.1, -0.05) is 30.3 Å². The first kappa shape index (κ1) is 24.5. The molecule has 0 aliphatic carbocycles. The Morgan fingerprint density at radius 2 is 1.59 bits per heavy atom. The van der Waals surface area contributed by atoms with Gasteiger partial charge in [0.25, 0.3) is 15.7 Å². The SMILES string of the molecule is COC(=O)/C(=C\c1ccccc1)N(C(=O)OC(C)(C)C)S(=O)(=O)c1ccc([N+](=O)[O-])cc1. The third-order valence-electron chi connectivity index (χ3n) is 3.86. The summed E-state index contributed by atoms with van der Waals surface area (Å²) in [4.78, 5) is 35.3. The lowest BCUT2D eigenvalue weighted by atomic mass is 10.2. The highest BCUT2D eigenvalue weighted by molar-refractivity contribution is 7.89. The summed E-state index contributed by atoms with van der Waals surface area (Å²) in [6, 6.07) is 12.1. The second-order valence-corrected chi connectivity index (χ2v) is 9.22. The van der Waals surface area contributed by atoms with E-state index in [1.165, 1.54) is 26.8 Å². The molecule has 0 aliphatic rings. The Balaban J connectivity index is 2.72. The molecule has 0 radical (unpaired) electrons. The Bertz CT molecular complexity index is 1130. The minimum Gasteiger partial charge on any atom is -0.464 e. The van der Waals surface area contributed by atoms with Crippen molar-refractivity contribution < 1.29 is 32.4 Å². The van der Waals surface area contributed by atoms with Crippen LogP contribution in [0.25, 0.3) is 6.08 Å². The zero-order chi connectivity index (χ0) is 24.1. The summed E-state index contributed by atoms with van der Waals surface area (Å²) in [5.41, 5.74) is -1.64. The number of non-ortho nitro benzene ring substituents is 1. The molecular formula is C21H22N2O8S. The number of nitro benzene ring substituents is 1. The molecule has 0 fully saturated rings. The predicted molar refractivity (Wildman–Crippen MR) is 115 cm³/mol. The number of ether oxygens (including phenoxy) is 2. The first-order valence-corrected chi connectivity index (χ1v) is 10.7. The van der Waals surface area contributed by atoms with Gasteiger partial charge in [-0.3, -0.25) is 10.1 Å². The Morgan fingerprint density at radius 1 is 1.03 bits per heavy atom. The van der Waals surface area contributed by atoms with Gasteiger partial charge in [-0.05, 0) is 44.5 Å². The van der Waals surface area contributed by atoms with E-state index in [1.807, 2.05) is 0 Å². The molecule has 0 atom stereocenters. The average Bonchev–Trinajstić information content (AvgIpc) is 2.72. The Kier molecular flexibility index (Phi) is 7.36. The van der Waals surface area contributed by atoms with E-state index in [0.29, 0.717) is 5.56 Å². The molecule has 170 valence electrons. The number of amides is 1. The van der Waals surface area contributed by atoms with Crippen molar-refractivity contribution in [2.45, 2.75) is 31.3 Å². The highest BCUT2D eigenvalue weighted by Crippen LogP contribution is 2.27. The molecule has 0 unspecified atom stereocenters. The van der Waals surface area contributed by atoms with E-state index in [1.54, 1.807) is 30.3 Å². The number of sulfonamides is 1. The van der Waals surface area contributed by atoms with E-state index in [9.17, 15) is 28.1 Å². The van der Waals surface area contributed by atoms with E-state index in [2.05, 4.69) is 0 Å². The van der Waals surface area contributed by atoms with E-state index in [0.717, 1.165) is 31.4 Å². The summed E-state index contributed by atoms with van der Waals surface area (Å²) in [5, 5.41) is 10.9. The number of methoxy groups -OCH3 is 1. The van der Waals surface area contributed by atoms with Crippen molar-refractivity contribution in [1.29, 1.82) is 0 Å². The molecule has 0 saturated heterocycles. The Morgan fingerprint density at radius 3 is 2.06 bits per heavy atom. The van der Waals surface area contributed by atoms with Crippen LogP contribution in [0.15, 0.2) is 65.2 Å². The number of esters is 1. The van der Waals surface area contributed by atoms with Gasteiger partial charge >= 0.3 is 12.1 Å². The lowest BCUT2D eigenvalue weighted by Gasteiger charge is -2.27. The first-order valence-electron chi connectivity index (χ1n) is 9.24. The van der Waals surface area contributed by atoms with E-state index < -0.39 is 43.2 Å². The van der Waals surface area contributed by atoms with Crippen molar-refractivity contribution >= 4 is 33.8 Å². The highest BCUT2D eigenvalue weighted by Gasteiger charge is 2.39. The number of nitro groups is 1. The molecule has 0 aromatic heterocycles. The molecule has 0 heterocycles. The monoisotopic (exact) mass is 462 g/mol. The topological polar surface area (TPSA) is 133 Å². The van der Waals surface area contributed by atoms with Gasteiger partial charge in [0.2, 0.25) is 0 Å². The fourth-order valence-corrected chi connectivity index (χ4v) is 3.80. The van der Waals surface area contributed by atoms with Crippen LogP contribution in [0.4, 0.5) is 10.5 Å². The average molecular weight is 462 g/mol. The molecule has 0 spiro atoms. The van der Waals surface area contributed by atoms with Crippen molar-refractivity contribution in [3.63, 3.8) is 0 Å². The van der Waals surface area contributed by atoms with Crippen molar-refractivity contribution in [2.75, 3.05) is 7.11 Å². The molecule has 0 aliphatic heterocycles.